The lowest BCUT2D eigenvalue weighted by Crippen LogP contribution is -2.22. The fraction of sp³-hybridized carbons (Fsp3) is 0.667. The first-order chi connectivity index (χ1) is 3.31. The van der Waals surface area contributed by atoms with Crippen molar-refractivity contribution in [1.29, 1.82) is 0 Å². The molecule has 1 heteroatoms. The Kier molecular flexibility index (Phi) is 3.71. The molecule has 0 radical (unpaired) electrons. The van der Waals surface area contributed by atoms with Gasteiger partial charge in [0.1, 0.15) is 0 Å². The first kappa shape index (κ1) is 6.70. The van der Waals surface area contributed by atoms with Crippen LogP contribution in [0.1, 0.15) is 13.8 Å². The second kappa shape index (κ2) is 3.88. The molecule has 0 aromatic heterocycles. The summed E-state index contributed by atoms with van der Waals surface area (Å²) < 4.78 is 0. The van der Waals surface area contributed by atoms with Crippen molar-refractivity contribution in [3.05, 3.63) is 12.7 Å². The van der Waals surface area contributed by atoms with E-state index in [1.54, 1.807) is 0 Å². The fourth-order valence-electron chi connectivity index (χ4n) is 0.405. The quantitative estimate of drug-likeness (QED) is 0.524. The van der Waals surface area contributed by atoms with Gasteiger partial charge in [0.2, 0.25) is 0 Å². The summed E-state index contributed by atoms with van der Waals surface area (Å²) in [5.41, 5.74) is 0. The Morgan fingerprint density at radius 3 is 2.57 bits per heavy atom. The molecule has 1 nitrogen and oxygen atoms in total. The Labute approximate surface area is 45.4 Å². The lowest BCUT2D eigenvalue weighted by atomic mass is 10.3. The molecule has 0 aromatic carbocycles. The summed E-state index contributed by atoms with van der Waals surface area (Å²) in [5, 5.41) is 3.18. The van der Waals surface area contributed by atoms with Crippen LogP contribution in [0, 0.1) is 0 Å². The number of nitrogens with one attached hydrogen (secondary N) is 1. The van der Waals surface area contributed by atoms with E-state index >= 15 is 0 Å². The molecule has 0 rings (SSSR count). The monoisotopic (exact) mass is 99.1 g/mol. The molecule has 0 saturated heterocycles. The zero-order valence-corrected chi connectivity index (χ0v) is 5.07. The van der Waals surface area contributed by atoms with Crippen molar-refractivity contribution in [1.82, 2.24) is 5.32 Å². The van der Waals surface area contributed by atoms with Gasteiger partial charge in [0.15, 0.2) is 0 Å². The van der Waals surface area contributed by atoms with Crippen molar-refractivity contribution in [3.63, 3.8) is 0 Å². The van der Waals surface area contributed by atoms with Gasteiger partial charge >= 0.3 is 0 Å². The van der Waals surface area contributed by atoms with Gasteiger partial charge in [0, 0.05) is 6.04 Å². The lowest BCUT2D eigenvalue weighted by Gasteiger charge is -2.02. The molecule has 0 saturated carbocycles. The van der Waals surface area contributed by atoms with E-state index in [4.69, 9.17) is 0 Å². The van der Waals surface area contributed by atoms with Gasteiger partial charge < -0.3 is 5.32 Å². The molecule has 1 atom stereocenters. The summed E-state index contributed by atoms with van der Waals surface area (Å²) in [4.78, 5) is 0. The molecule has 0 aliphatic rings. The Bertz CT molecular complexity index is 50.1. The van der Waals surface area contributed by atoms with E-state index < -0.39 is 0 Å². The van der Waals surface area contributed by atoms with E-state index in [9.17, 15) is 0 Å². The van der Waals surface area contributed by atoms with Crippen LogP contribution in [0.25, 0.3) is 0 Å². The van der Waals surface area contributed by atoms with Crippen LogP contribution in [0.4, 0.5) is 0 Å². The third-order valence-electron chi connectivity index (χ3n) is 0.880. The van der Waals surface area contributed by atoms with Gasteiger partial charge in [0.25, 0.3) is 0 Å². The predicted molar refractivity (Wildman–Crippen MR) is 33.3 cm³/mol. The smallest absolute Gasteiger partial charge is 0.0218 e. The summed E-state index contributed by atoms with van der Waals surface area (Å²) in [6.45, 7) is 8.80. The van der Waals surface area contributed by atoms with Crippen LogP contribution in [0.2, 0.25) is 0 Å². The number of hydrogen-bond donors (Lipinski definition) is 1. The van der Waals surface area contributed by atoms with Gasteiger partial charge in [-0.25, -0.2) is 0 Å². The van der Waals surface area contributed by atoms with Gasteiger partial charge in [-0.2, -0.15) is 0 Å². The zero-order chi connectivity index (χ0) is 5.70. The average Bonchev–Trinajstić information content (AvgIpc) is 1.68. The van der Waals surface area contributed by atoms with Gasteiger partial charge in [-0.1, -0.05) is 13.0 Å². The third-order valence-corrected chi connectivity index (χ3v) is 0.880. The molecular formula is C6H13N. The number of likely N-dealkylation sites (N-methyl/N-ethyl adjacent to an activating group) is 1. The van der Waals surface area contributed by atoms with Gasteiger partial charge in [-0.3, -0.25) is 0 Å². The Balaban J connectivity index is 2.98. The summed E-state index contributed by atoms with van der Waals surface area (Å²) in [5.74, 6) is 0. The number of rotatable bonds is 3. The van der Waals surface area contributed by atoms with Crippen molar-refractivity contribution < 1.29 is 0 Å². The van der Waals surface area contributed by atoms with Crippen LogP contribution in [-0.2, 0) is 0 Å². The van der Waals surface area contributed by atoms with Gasteiger partial charge in [-0.15, -0.1) is 6.58 Å². The topological polar surface area (TPSA) is 12.0 Å². The van der Waals surface area contributed by atoms with Crippen LogP contribution >= 0.6 is 0 Å². The van der Waals surface area contributed by atoms with E-state index in [-0.39, 0.29) is 0 Å². The summed E-state index contributed by atoms with van der Waals surface area (Å²) in [7, 11) is 0. The summed E-state index contributed by atoms with van der Waals surface area (Å²) >= 11 is 0. The molecule has 1 N–H and O–H groups in total. The molecule has 0 aromatic rings. The fourth-order valence-corrected chi connectivity index (χ4v) is 0.405. The molecule has 0 aliphatic heterocycles. The maximum atomic E-state index is 3.62. The lowest BCUT2D eigenvalue weighted by molar-refractivity contribution is 0.662. The molecule has 0 fully saturated rings. The van der Waals surface area contributed by atoms with E-state index in [2.05, 4.69) is 25.7 Å². The Hall–Kier alpha value is -0.300. The standard InChI is InChI=1S/C6H13N/c1-4-6(3)7-5-2/h4,6-7H,1,5H2,2-3H3/t6-/m0/s1. The van der Waals surface area contributed by atoms with Gasteiger partial charge in [-0.05, 0) is 13.5 Å². The Morgan fingerprint density at radius 2 is 2.43 bits per heavy atom. The van der Waals surface area contributed by atoms with Crippen molar-refractivity contribution in [2.24, 2.45) is 0 Å². The number of hydrogen-bond acceptors (Lipinski definition) is 1. The van der Waals surface area contributed by atoms with Crippen LogP contribution in [0.15, 0.2) is 12.7 Å². The van der Waals surface area contributed by atoms with Crippen LogP contribution in [0.3, 0.4) is 0 Å². The molecular weight excluding hydrogens is 86.1 g/mol. The predicted octanol–water partition coefficient (Wildman–Crippen LogP) is 1.17. The zero-order valence-electron chi connectivity index (χ0n) is 5.07. The molecule has 0 aliphatic carbocycles. The minimum atomic E-state index is 0.463. The van der Waals surface area contributed by atoms with Crippen LogP contribution in [-0.4, -0.2) is 12.6 Å². The summed E-state index contributed by atoms with van der Waals surface area (Å²) in [6.07, 6.45) is 1.89. The first-order valence-corrected chi connectivity index (χ1v) is 2.67. The van der Waals surface area contributed by atoms with E-state index in [0.29, 0.717) is 6.04 Å². The maximum Gasteiger partial charge on any atom is 0.0218 e. The highest BCUT2D eigenvalue weighted by Gasteiger charge is 1.86. The normalized spacial score (nSPS) is 13.4. The van der Waals surface area contributed by atoms with Crippen LogP contribution < -0.4 is 5.32 Å². The second-order valence-corrected chi connectivity index (χ2v) is 1.58. The molecule has 0 heterocycles. The molecule has 0 amide bonds. The first-order valence-electron chi connectivity index (χ1n) is 2.67. The van der Waals surface area contributed by atoms with E-state index in [0.717, 1.165) is 6.54 Å². The third kappa shape index (κ3) is 3.53. The van der Waals surface area contributed by atoms with Crippen molar-refractivity contribution in [2.45, 2.75) is 19.9 Å². The van der Waals surface area contributed by atoms with E-state index in [1.807, 2.05) is 6.08 Å². The van der Waals surface area contributed by atoms with Crippen molar-refractivity contribution >= 4 is 0 Å². The maximum absolute atomic E-state index is 3.62. The molecule has 0 unspecified atom stereocenters. The largest absolute Gasteiger partial charge is 0.311 e. The van der Waals surface area contributed by atoms with E-state index in [1.165, 1.54) is 0 Å². The molecule has 0 spiro atoms. The highest BCUT2D eigenvalue weighted by atomic mass is 14.9. The second-order valence-electron chi connectivity index (χ2n) is 1.58. The SMILES string of the molecule is C=C[C@H](C)NCC. The van der Waals surface area contributed by atoms with Gasteiger partial charge in [0.05, 0.1) is 0 Å². The summed E-state index contributed by atoms with van der Waals surface area (Å²) in [6, 6.07) is 0.463. The van der Waals surface area contributed by atoms with Crippen LogP contribution in [0.5, 0.6) is 0 Å². The highest BCUT2D eigenvalue weighted by Crippen LogP contribution is 1.77. The van der Waals surface area contributed by atoms with Crippen molar-refractivity contribution in [2.75, 3.05) is 6.54 Å². The minimum Gasteiger partial charge on any atom is -0.311 e. The molecule has 42 valence electrons. The highest BCUT2D eigenvalue weighted by molar-refractivity contribution is 4.80. The molecule has 0 bridgehead atoms. The minimum absolute atomic E-state index is 0.463. The Morgan fingerprint density at radius 1 is 1.86 bits per heavy atom. The van der Waals surface area contributed by atoms with Crippen molar-refractivity contribution in [3.8, 4) is 0 Å². The molecule has 7 heavy (non-hydrogen) atoms. The average molecular weight is 99.2 g/mol.